The molecular weight excluding hydrogens is 320 g/mol. The molecule has 1 aliphatic heterocycles. The van der Waals surface area contributed by atoms with Gasteiger partial charge in [-0.05, 0) is 55.3 Å². The lowest BCUT2D eigenvalue weighted by Gasteiger charge is -2.07. The number of rotatable bonds is 5. The summed E-state index contributed by atoms with van der Waals surface area (Å²) in [7, 11) is 0. The van der Waals surface area contributed by atoms with Crippen LogP contribution in [0.15, 0.2) is 60.3 Å². The number of hydrogen-bond acceptors (Lipinski definition) is 4. The van der Waals surface area contributed by atoms with E-state index >= 15 is 0 Å². The van der Waals surface area contributed by atoms with Gasteiger partial charge in [0.15, 0.2) is 5.78 Å². The summed E-state index contributed by atoms with van der Waals surface area (Å²) < 4.78 is 5.73. The number of ether oxygens (including phenoxy) is 1. The van der Waals surface area contributed by atoms with Crippen molar-refractivity contribution in [3.05, 3.63) is 71.4 Å². The average molecular weight is 336 g/mol. The van der Waals surface area contributed by atoms with Gasteiger partial charge in [0.1, 0.15) is 17.2 Å². The van der Waals surface area contributed by atoms with Crippen molar-refractivity contribution in [3.63, 3.8) is 0 Å². The molecule has 1 aliphatic rings. The first-order chi connectivity index (χ1) is 12.0. The Bertz CT molecular complexity index is 852. The fraction of sp³-hybridized carbons (Fsp3) is 0.105. The van der Waals surface area contributed by atoms with Gasteiger partial charge in [0.05, 0.1) is 0 Å². The molecule has 25 heavy (non-hydrogen) atoms. The summed E-state index contributed by atoms with van der Waals surface area (Å²) in [6.07, 6.45) is 2.17. The van der Waals surface area contributed by atoms with Crippen molar-refractivity contribution < 1.29 is 19.1 Å². The molecule has 2 aromatic rings. The molecule has 0 bridgehead atoms. The third-order valence-electron chi connectivity index (χ3n) is 3.68. The van der Waals surface area contributed by atoms with Gasteiger partial charge < -0.3 is 10.1 Å². The van der Waals surface area contributed by atoms with Gasteiger partial charge in [-0.1, -0.05) is 18.2 Å². The molecule has 0 saturated carbocycles. The molecule has 0 aliphatic carbocycles. The van der Waals surface area contributed by atoms with E-state index in [-0.39, 0.29) is 11.5 Å². The Labute approximate surface area is 144 Å². The third kappa shape index (κ3) is 4.11. The molecule has 0 spiro atoms. The van der Waals surface area contributed by atoms with E-state index in [4.69, 9.17) is 4.74 Å². The van der Waals surface area contributed by atoms with Crippen molar-refractivity contribution in [1.82, 2.24) is 10.6 Å². The van der Waals surface area contributed by atoms with Gasteiger partial charge in [0.25, 0.3) is 5.91 Å². The second-order valence-electron chi connectivity index (χ2n) is 5.56. The number of imide groups is 1. The van der Waals surface area contributed by atoms with Crippen LogP contribution in [-0.4, -0.2) is 17.7 Å². The number of carbonyl (C=O) groups excluding carboxylic acids is 3. The molecule has 3 amide bonds. The largest absolute Gasteiger partial charge is 0.457 e. The molecule has 6 nitrogen and oxygen atoms in total. The van der Waals surface area contributed by atoms with Crippen molar-refractivity contribution >= 4 is 17.7 Å². The van der Waals surface area contributed by atoms with E-state index in [0.717, 1.165) is 5.56 Å². The van der Waals surface area contributed by atoms with Crippen LogP contribution in [0, 0.1) is 0 Å². The SMILES string of the molecule is CC(=O)c1ccc(Oc2ccc(C/C=C3\NC(=O)NC3=O)cc2)cc1. The van der Waals surface area contributed by atoms with E-state index in [1.165, 1.54) is 6.92 Å². The first-order valence-corrected chi connectivity index (χ1v) is 7.71. The van der Waals surface area contributed by atoms with Gasteiger partial charge >= 0.3 is 6.03 Å². The van der Waals surface area contributed by atoms with Gasteiger partial charge in [0, 0.05) is 5.56 Å². The average Bonchev–Trinajstić information content (AvgIpc) is 2.92. The summed E-state index contributed by atoms with van der Waals surface area (Å²) in [5.41, 5.74) is 1.87. The van der Waals surface area contributed by atoms with Crippen LogP contribution < -0.4 is 15.4 Å². The van der Waals surface area contributed by atoms with E-state index in [9.17, 15) is 14.4 Å². The zero-order valence-corrected chi connectivity index (χ0v) is 13.5. The third-order valence-corrected chi connectivity index (χ3v) is 3.68. The number of carbonyl (C=O) groups is 3. The van der Waals surface area contributed by atoms with Crippen LogP contribution >= 0.6 is 0 Å². The fourth-order valence-electron chi connectivity index (χ4n) is 2.33. The molecule has 0 aromatic heterocycles. The highest BCUT2D eigenvalue weighted by Crippen LogP contribution is 2.22. The Balaban J connectivity index is 1.62. The van der Waals surface area contributed by atoms with Gasteiger partial charge in [-0.15, -0.1) is 0 Å². The molecule has 2 aromatic carbocycles. The number of ketones is 1. The topological polar surface area (TPSA) is 84.5 Å². The predicted octanol–water partition coefficient (Wildman–Crippen LogP) is 2.95. The molecule has 1 heterocycles. The van der Waals surface area contributed by atoms with Crippen LogP contribution in [0.3, 0.4) is 0 Å². The minimum atomic E-state index is -0.504. The lowest BCUT2D eigenvalue weighted by Crippen LogP contribution is -2.22. The van der Waals surface area contributed by atoms with Crippen LogP contribution in [0.4, 0.5) is 4.79 Å². The van der Waals surface area contributed by atoms with Crippen LogP contribution in [0.5, 0.6) is 11.5 Å². The number of allylic oxidation sites excluding steroid dienone is 1. The second-order valence-corrected chi connectivity index (χ2v) is 5.56. The molecule has 3 rings (SSSR count). The van der Waals surface area contributed by atoms with Crippen molar-refractivity contribution in [1.29, 1.82) is 0 Å². The highest BCUT2D eigenvalue weighted by atomic mass is 16.5. The summed E-state index contributed by atoms with van der Waals surface area (Å²) in [4.78, 5) is 33.7. The lowest BCUT2D eigenvalue weighted by molar-refractivity contribution is -0.115. The molecule has 126 valence electrons. The molecule has 0 unspecified atom stereocenters. The highest BCUT2D eigenvalue weighted by Gasteiger charge is 2.22. The van der Waals surface area contributed by atoms with Crippen LogP contribution in [-0.2, 0) is 11.2 Å². The fourth-order valence-corrected chi connectivity index (χ4v) is 2.33. The maximum atomic E-state index is 11.4. The molecule has 1 fully saturated rings. The Morgan fingerprint density at radius 1 is 0.960 bits per heavy atom. The van der Waals surface area contributed by atoms with Crippen molar-refractivity contribution in [2.45, 2.75) is 13.3 Å². The van der Waals surface area contributed by atoms with Crippen LogP contribution in [0.2, 0.25) is 0 Å². The maximum Gasteiger partial charge on any atom is 0.326 e. The first-order valence-electron chi connectivity index (χ1n) is 7.71. The Hall–Kier alpha value is -3.41. The Kier molecular flexibility index (Phi) is 4.61. The van der Waals surface area contributed by atoms with Gasteiger partial charge in [-0.2, -0.15) is 0 Å². The standard InChI is InChI=1S/C19H16N2O4/c1-12(22)14-5-9-16(10-6-14)25-15-7-2-13(3-8-15)4-11-17-18(23)21-19(24)20-17/h2-3,5-11H,4H2,1H3,(H2,20,21,23,24)/b17-11-. The zero-order chi connectivity index (χ0) is 17.8. The van der Waals surface area contributed by atoms with Crippen molar-refractivity contribution in [3.8, 4) is 11.5 Å². The minimum Gasteiger partial charge on any atom is -0.457 e. The summed E-state index contributed by atoms with van der Waals surface area (Å²) in [5.74, 6) is 0.903. The quantitative estimate of drug-likeness (QED) is 0.499. The number of Topliss-reactive ketones (excluding diaryl/α,β-unsaturated/α-hetero) is 1. The predicted molar refractivity (Wildman–Crippen MR) is 91.4 cm³/mol. The summed E-state index contributed by atoms with van der Waals surface area (Å²) >= 11 is 0. The molecular formula is C19H16N2O4. The van der Waals surface area contributed by atoms with Crippen LogP contribution in [0.1, 0.15) is 22.8 Å². The summed E-state index contributed by atoms with van der Waals surface area (Å²) in [5, 5.41) is 4.60. The van der Waals surface area contributed by atoms with E-state index < -0.39 is 11.9 Å². The maximum absolute atomic E-state index is 11.4. The number of nitrogens with one attached hydrogen (secondary N) is 2. The zero-order valence-electron chi connectivity index (χ0n) is 13.5. The van der Waals surface area contributed by atoms with Gasteiger partial charge in [0.2, 0.25) is 0 Å². The highest BCUT2D eigenvalue weighted by molar-refractivity contribution is 6.11. The van der Waals surface area contributed by atoms with Gasteiger partial charge in [-0.3, -0.25) is 14.9 Å². The second kappa shape index (κ2) is 7.00. The van der Waals surface area contributed by atoms with E-state index in [1.54, 1.807) is 30.3 Å². The number of benzene rings is 2. The number of amides is 3. The van der Waals surface area contributed by atoms with Gasteiger partial charge in [-0.25, -0.2) is 4.79 Å². The van der Waals surface area contributed by atoms with E-state index in [1.807, 2.05) is 24.3 Å². The molecule has 2 N–H and O–H groups in total. The molecule has 0 atom stereocenters. The monoisotopic (exact) mass is 336 g/mol. The first kappa shape index (κ1) is 16.4. The molecule has 1 saturated heterocycles. The van der Waals surface area contributed by atoms with Crippen LogP contribution in [0.25, 0.3) is 0 Å². The van der Waals surface area contributed by atoms with Crippen molar-refractivity contribution in [2.24, 2.45) is 0 Å². The smallest absolute Gasteiger partial charge is 0.326 e. The normalized spacial score (nSPS) is 15.0. The Morgan fingerprint density at radius 3 is 2.08 bits per heavy atom. The molecule has 0 radical (unpaired) electrons. The summed E-state index contributed by atoms with van der Waals surface area (Å²) in [6, 6.07) is 13.8. The van der Waals surface area contributed by atoms with E-state index in [2.05, 4.69) is 10.6 Å². The Morgan fingerprint density at radius 2 is 1.56 bits per heavy atom. The molecule has 6 heteroatoms. The lowest BCUT2D eigenvalue weighted by atomic mass is 10.1. The summed E-state index contributed by atoms with van der Waals surface area (Å²) in [6.45, 7) is 1.52. The number of hydrogen-bond donors (Lipinski definition) is 2. The number of urea groups is 1. The van der Waals surface area contributed by atoms with E-state index in [0.29, 0.717) is 23.5 Å². The van der Waals surface area contributed by atoms with Crippen molar-refractivity contribution in [2.75, 3.05) is 0 Å². The minimum absolute atomic E-state index is 0.0113.